The summed E-state index contributed by atoms with van der Waals surface area (Å²) < 4.78 is 11.0. The minimum atomic E-state index is -2.72. The Morgan fingerprint density at radius 3 is 1.44 bits per heavy atom. The second-order valence-electron chi connectivity index (χ2n) is 3.26. The Labute approximate surface area is 128 Å². The maximum Gasteiger partial charge on any atom is 1.00 e. The summed E-state index contributed by atoms with van der Waals surface area (Å²) in [7, 11) is 0. The van der Waals surface area contributed by atoms with Crippen molar-refractivity contribution in [2.24, 2.45) is 0 Å². The summed E-state index contributed by atoms with van der Waals surface area (Å²) >= 11 is 10.4. The van der Waals surface area contributed by atoms with E-state index in [0.29, 0.717) is 11.5 Å². The molecule has 0 saturated heterocycles. The molecule has 0 heterocycles. The normalized spacial score (nSPS) is 10.3. The predicted octanol–water partition coefficient (Wildman–Crippen LogP) is 3.91. The molecule has 0 aromatic heterocycles. The smallest absolute Gasteiger partial charge is 0.665 e. The first-order chi connectivity index (χ1) is 8.16. The molecule has 0 amide bonds. The third-order valence-corrected chi connectivity index (χ3v) is 3.68. The van der Waals surface area contributed by atoms with Gasteiger partial charge in [-0.2, -0.15) is 0 Å². The van der Waals surface area contributed by atoms with Gasteiger partial charge in [0.2, 0.25) is 0 Å². The van der Waals surface area contributed by atoms with E-state index < -0.39 is 5.69 Å². The topological polar surface area (TPSA) is 18.5 Å². The molecule has 0 fully saturated rings. The molecule has 0 aliphatic rings. The summed E-state index contributed by atoms with van der Waals surface area (Å²) in [6.07, 6.45) is 0. The maximum absolute atomic E-state index is 5.52. The van der Waals surface area contributed by atoms with Crippen molar-refractivity contribution in [3.05, 3.63) is 60.7 Å². The van der Waals surface area contributed by atoms with Crippen LogP contribution in [0, 0.1) is 0 Å². The zero-order valence-electron chi connectivity index (χ0n) is 9.16. The predicted molar refractivity (Wildman–Crippen MR) is 75.8 cm³/mol. The van der Waals surface area contributed by atoms with Gasteiger partial charge in [0.05, 0.1) is 0 Å². The van der Waals surface area contributed by atoms with Crippen LogP contribution < -0.4 is 9.05 Å². The minimum absolute atomic E-state index is 0. The fraction of sp³-hybridized carbons (Fsp3) is 0. The molecule has 0 atom stereocenters. The summed E-state index contributed by atoms with van der Waals surface area (Å²) in [5.41, 5.74) is -2.72. The SMILES string of the molecule is S=P([S-])(Oc1ccccc1)Oc1ccccc1.[Cu+]. The van der Waals surface area contributed by atoms with E-state index in [4.69, 9.17) is 33.1 Å². The van der Waals surface area contributed by atoms with Crippen molar-refractivity contribution in [2.75, 3.05) is 0 Å². The van der Waals surface area contributed by atoms with E-state index in [2.05, 4.69) is 0 Å². The van der Waals surface area contributed by atoms with Crippen molar-refractivity contribution in [3.8, 4) is 11.5 Å². The zero-order chi connectivity index (χ0) is 12.1. The molecule has 0 spiro atoms. The number of rotatable bonds is 4. The van der Waals surface area contributed by atoms with E-state index in [1.807, 2.05) is 60.7 Å². The first kappa shape index (κ1) is 15.6. The monoisotopic (exact) mass is 344 g/mol. The van der Waals surface area contributed by atoms with Crippen LogP contribution in [0.4, 0.5) is 0 Å². The third kappa shape index (κ3) is 5.05. The van der Waals surface area contributed by atoms with Crippen LogP contribution in [0.1, 0.15) is 0 Å². The van der Waals surface area contributed by atoms with Crippen LogP contribution in [-0.4, -0.2) is 0 Å². The van der Waals surface area contributed by atoms with Crippen LogP contribution in [0.5, 0.6) is 11.5 Å². The van der Waals surface area contributed by atoms with E-state index >= 15 is 0 Å². The first-order valence-corrected chi connectivity index (χ1v) is 8.61. The van der Waals surface area contributed by atoms with Crippen LogP contribution in [0.3, 0.4) is 0 Å². The van der Waals surface area contributed by atoms with Gasteiger partial charge in [-0.15, -0.1) is 0 Å². The van der Waals surface area contributed by atoms with E-state index in [1.165, 1.54) is 0 Å². The van der Waals surface area contributed by atoms with Crippen molar-refractivity contribution in [2.45, 2.75) is 0 Å². The van der Waals surface area contributed by atoms with Crippen LogP contribution in [0.2, 0.25) is 0 Å². The Hall–Kier alpha value is -0.441. The number of hydrogen-bond donors (Lipinski definition) is 0. The van der Waals surface area contributed by atoms with E-state index in [0.717, 1.165) is 0 Å². The quantitative estimate of drug-likeness (QED) is 0.475. The second kappa shape index (κ2) is 7.22. The zero-order valence-corrected chi connectivity index (χ0v) is 12.6. The van der Waals surface area contributed by atoms with Crippen LogP contribution in [0.25, 0.3) is 0 Å². The van der Waals surface area contributed by atoms with Gasteiger partial charge < -0.3 is 21.3 Å². The molecule has 18 heavy (non-hydrogen) atoms. The van der Waals surface area contributed by atoms with E-state index in [9.17, 15) is 0 Å². The molecule has 0 N–H and O–H groups in total. The third-order valence-electron chi connectivity index (χ3n) is 1.92. The van der Waals surface area contributed by atoms with Gasteiger partial charge in [-0.05, 0) is 36.1 Å². The molecular weight excluding hydrogens is 335 g/mol. The van der Waals surface area contributed by atoms with Crippen molar-refractivity contribution >= 4 is 29.7 Å². The van der Waals surface area contributed by atoms with Crippen LogP contribution >= 0.6 is 5.69 Å². The summed E-state index contributed by atoms with van der Waals surface area (Å²) in [4.78, 5) is 0. The maximum atomic E-state index is 5.52. The summed E-state index contributed by atoms with van der Waals surface area (Å²) in [5.74, 6) is 1.28. The molecule has 2 aromatic carbocycles. The van der Waals surface area contributed by atoms with Crippen molar-refractivity contribution < 1.29 is 26.1 Å². The van der Waals surface area contributed by atoms with Crippen LogP contribution in [0.15, 0.2) is 60.7 Å². The van der Waals surface area contributed by atoms with Gasteiger partial charge in [0.15, 0.2) is 5.69 Å². The van der Waals surface area contributed by atoms with E-state index in [1.54, 1.807) is 0 Å². The Morgan fingerprint density at radius 1 is 0.778 bits per heavy atom. The molecule has 0 aliphatic carbocycles. The fourth-order valence-electron chi connectivity index (χ4n) is 1.24. The number of para-hydroxylation sites is 2. The molecule has 0 saturated carbocycles. The summed E-state index contributed by atoms with van der Waals surface area (Å²) in [5, 5.41) is 0. The molecule has 0 aliphatic heterocycles. The van der Waals surface area contributed by atoms with Gasteiger partial charge in [-0.25, -0.2) is 0 Å². The average Bonchev–Trinajstić information content (AvgIpc) is 2.30. The Morgan fingerprint density at radius 2 is 1.11 bits per heavy atom. The molecule has 2 nitrogen and oxygen atoms in total. The minimum Gasteiger partial charge on any atom is -0.665 e. The van der Waals surface area contributed by atoms with Gasteiger partial charge in [0.25, 0.3) is 0 Å². The molecule has 0 radical (unpaired) electrons. The largest absolute Gasteiger partial charge is 1.00 e. The molecule has 0 bridgehead atoms. The second-order valence-corrected chi connectivity index (χ2v) is 8.09. The van der Waals surface area contributed by atoms with Gasteiger partial charge in [0, 0.05) is 0 Å². The van der Waals surface area contributed by atoms with E-state index in [-0.39, 0.29) is 17.1 Å². The van der Waals surface area contributed by atoms with Gasteiger partial charge in [-0.3, -0.25) is 0 Å². The molecule has 6 heteroatoms. The Balaban J connectivity index is 0.00000162. The van der Waals surface area contributed by atoms with Crippen LogP contribution in [-0.2, 0) is 41.1 Å². The number of benzene rings is 2. The average molecular weight is 345 g/mol. The van der Waals surface area contributed by atoms with Crippen molar-refractivity contribution in [1.29, 1.82) is 0 Å². The number of hydrogen-bond acceptors (Lipinski definition) is 4. The first-order valence-electron chi connectivity index (χ1n) is 4.96. The molecule has 2 aromatic rings. The van der Waals surface area contributed by atoms with Gasteiger partial charge in [-0.1, -0.05) is 36.4 Å². The molecule has 98 valence electrons. The summed E-state index contributed by atoms with van der Waals surface area (Å²) in [6.45, 7) is 0. The summed E-state index contributed by atoms with van der Waals surface area (Å²) in [6, 6.07) is 18.5. The molecular formula is C12H10CuO2PS2. The molecule has 0 unspecified atom stereocenters. The Bertz CT molecular complexity index is 477. The van der Waals surface area contributed by atoms with Gasteiger partial charge >= 0.3 is 17.1 Å². The van der Waals surface area contributed by atoms with Crippen molar-refractivity contribution in [1.82, 2.24) is 0 Å². The van der Waals surface area contributed by atoms with Crippen molar-refractivity contribution in [3.63, 3.8) is 0 Å². The standard InChI is InChI=1S/C12H11O2PS2.Cu/c16-15(17,13-11-7-3-1-4-8-11)14-12-9-5-2-6-10-12;/h1-10H,(H,16,17);/q;+1/p-1. The van der Waals surface area contributed by atoms with Gasteiger partial charge in [0.1, 0.15) is 11.5 Å². The Kier molecular flexibility index (Phi) is 6.27. The molecule has 2 rings (SSSR count). The fourth-order valence-corrected chi connectivity index (χ4v) is 3.07.